The third-order valence-electron chi connectivity index (χ3n) is 4.46. The van der Waals surface area contributed by atoms with Crippen LogP contribution in [0.15, 0.2) is 60.8 Å². The molecule has 0 aliphatic rings. The third kappa shape index (κ3) is 3.86. The van der Waals surface area contributed by atoms with Crippen LogP contribution in [0.4, 0.5) is 5.69 Å². The lowest BCUT2D eigenvalue weighted by Crippen LogP contribution is -2.13. The molecule has 2 aromatic carbocycles. The molecule has 0 radical (unpaired) electrons. The third-order valence-corrected chi connectivity index (χ3v) is 5.48. The van der Waals surface area contributed by atoms with E-state index in [0.29, 0.717) is 11.1 Å². The van der Waals surface area contributed by atoms with E-state index in [0.717, 1.165) is 32.2 Å². The van der Waals surface area contributed by atoms with Crippen LogP contribution in [-0.4, -0.2) is 29.0 Å². The minimum Gasteiger partial charge on any atom is -0.465 e. The van der Waals surface area contributed by atoms with Gasteiger partial charge in [-0.15, -0.1) is 0 Å². The number of amides is 1. The topological polar surface area (TPSA) is 81.2 Å². The molecule has 2 heterocycles. The molecular formula is C22H17N3O3S. The molecule has 6 nitrogen and oxygen atoms in total. The van der Waals surface area contributed by atoms with Gasteiger partial charge in [0.25, 0.3) is 5.91 Å². The van der Waals surface area contributed by atoms with E-state index in [1.807, 2.05) is 37.3 Å². The molecule has 0 bridgehead atoms. The number of nitrogens with zero attached hydrogens (tertiary/aromatic N) is 2. The molecule has 0 aliphatic carbocycles. The average molecular weight is 403 g/mol. The number of ether oxygens (including phenoxy) is 1. The van der Waals surface area contributed by atoms with E-state index in [9.17, 15) is 9.59 Å². The van der Waals surface area contributed by atoms with Crippen LogP contribution in [-0.2, 0) is 4.74 Å². The number of thiazole rings is 1. The van der Waals surface area contributed by atoms with Crippen LogP contribution in [0.25, 0.3) is 20.9 Å². The van der Waals surface area contributed by atoms with E-state index in [1.165, 1.54) is 18.4 Å². The Bertz CT molecular complexity index is 1180. The first kappa shape index (κ1) is 18.8. The van der Waals surface area contributed by atoms with E-state index in [-0.39, 0.29) is 5.91 Å². The van der Waals surface area contributed by atoms with E-state index in [2.05, 4.69) is 20.0 Å². The lowest BCUT2D eigenvalue weighted by atomic mass is 10.1. The van der Waals surface area contributed by atoms with Crippen molar-refractivity contribution in [3.05, 3.63) is 77.5 Å². The minimum absolute atomic E-state index is 0.249. The van der Waals surface area contributed by atoms with Gasteiger partial charge in [0.05, 0.1) is 12.7 Å². The Kier molecular flexibility index (Phi) is 5.05. The summed E-state index contributed by atoms with van der Waals surface area (Å²) >= 11 is 1.53. The van der Waals surface area contributed by atoms with Crippen LogP contribution < -0.4 is 5.32 Å². The van der Waals surface area contributed by atoms with Crippen LogP contribution in [0, 0.1) is 6.92 Å². The number of hydrogen-bond donors (Lipinski definition) is 1. The Morgan fingerprint density at radius 2 is 1.79 bits per heavy atom. The highest BCUT2D eigenvalue weighted by molar-refractivity contribution is 7.21. The number of carbonyl (C=O) groups is 2. The summed E-state index contributed by atoms with van der Waals surface area (Å²) in [4.78, 5) is 33.9. The average Bonchev–Trinajstić information content (AvgIpc) is 3.19. The molecule has 2 aromatic heterocycles. The van der Waals surface area contributed by atoms with Crippen molar-refractivity contribution in [1.29, 1.82) is 0 Å². The molecule has 4 rings (SSSR count). The number of methoxy groups -OCH3 is 1. The van der Waals surface area contributed by atoms with Crippen LogP contribution in [0.1, 0.15) is 26.3 Å². The van der Waals surface area contributed by atoms with Gasteiger partial charge in [0, 0.05) is 23.0 Å². The predicted molar refractivity (Wildman–Crippen MR) is 113 cm³/mol. The summed E-state index contributed by atoms with van der Waals surface area (Å²) in [5.74, 6) is -0.685. The van der Waals surface area contributed by atoms with Gasteiger partial charge in [0.15, 0.2) is 0 Å². The van der Waals surface area contributed by atoms with E-state index >= 15 is 0 Å². The maximum Gasteiger partial charge on any atom is 0.337 e. The molecular weight excluding hydrogens is 386 g/mol. The summed E-state index contributed by atoms with van der Waals surface area (Å²) in [5, 5.41) is 3.80. The Balaban J connectivity index is 1.53. The zero-order valence-electron chi connectivity index (χ0n) is 15.8. The normalized spacial score (nSPS) is 10.7. The van der Waals surface area contributed by atoms with Gasteiger partial charge in [0.1, 0.15) is 15.4 Å². The number of nitrogens with one attached hydrogen (secondary N) is 1. The largest absolute Gasteiger partial charge is 0.465 e. The van der Waals surface area contributed by atoms with E-state index in [1.54, 1.807) is 30.5 Å². The predicted octanol–water partition coefficient (Wildman–Crippen LogP) is 4.71. The molecule has 7 heteroatoms. The highest BCUT2D eigenvalue weighted by atomic mass is 32.1. The van der Waals surface area contributed by atoms with Crippen LogP contribution in [0.5, 0.6) is 0 Å². The Morgan fingerprint density at radius 1 is 1.03 bits per heavy atom. The second-order valence-corrected chi connectivity index (χ2v) is 7.38. The summed E-state index contributed by atoms with van der Waals surface area (Å²) in [6, 6.07) is 15.9. The quantitative estimate of drug-likeness (QED) is 0.499. The fourth-order valence-corrected chi connectivity index (χ4v) is 3.80. The van der Waals surface area contributed by atoms with Gasteiger partial charge >= 0.3 is 5.97 Å². The summed E-state index contributed by atoms with van der Waals surface area (Å²) in [5.41, 5.74) is 4.35. The zero-order chi connectivity index (χ0) is 20.4. The summed E-state index contributed by atoms with van der Waals surface area (Å²) in [6.07, 6.45) is 1.76. The Labute approximate surface area is 171 Å². The van der Waals surface area contributed by atoms with E-state index < -0.39 is 5.97 Å². The van der Waals surface area contributed by atoms with Crippen LogP contribution in [0.2, 0.25) is 0 Å². The maximum absolute atomic E-state index is 12.5. The number of carbonyl (C=O) groups excluding carboxylic acids is 2. The summed E-state index contributed by atoms with van der Waals surface area (Å²) in [7, 11) is 1.32. The number of fused-ring (bicyclic) bond motifs is 1. The summed E-state index contributed by atoms with van der Waals surface area (Å²) < 4.78 is 4.67. The highest BCUT2D eigenvalue weighted by Crippen LogP contribution is 2.31. The number of anilines is 1. The highest BCUT2D eigenvalue weighted by Gasteiger charge is 2.12. The number of hydrogen-bond acceptors (Lipinski definition) is 6. The zero-order valence-corrected chi connectivity index (χ0v) is 16.6. The lowest BCUT2D eigenvalue weighted by Gasteiger charge is -2.10. The first-order valence-corrected chi connectivity index (χ1v) is 9.69. The molecule has 0 saturated carbocycles. The van der Waals surface area contributed by atoms with Gasteiger partial charge in [-0.1, -0.05) is 11.3 Å². The number of rotatable bonds is 4. The van der Waals surface area contributed by atoms with Crippen molar-refractivity contribution in [2.45, 2.75) is 6.92 Å². The molecule has 4 aromatic rings. The van der Waals surface area contributed by atoms with Gasteiger partial charge in [-0.05, 0) is 67.1 Å². The molecule has 0 aliphatic heterocycles. The second-order valence-electron chi connectivity index (χ2n) is 6.40. The van der Waals surface area contributed by atoms with Crippen molar-refractivity contribution in [3.8, 4) is 10.6 Å². The molecule has 144 valence electrons. The lowest BCUT2D eigenvalue weighted by molar-refractivity contribution is 0.0600. The van der Waals surface area contributed by atoms with Crippen LogP contribution in [0.3, 0.4) is 0 Å². The molecule has 0 fully saturated rings. The smallest absolute Gasteiger partial charge is 0.337 e. The first-order valence-electron chi connectivity index (χ1n) is 8.87. The number of aromatic nitrogens is 2. The molecule has 1 amide bonds. The van der Waals surface area contributed by atoms with Gasteiger partial charge in [0.2, 0.25) is 0 Å². The molecule has 0 unspecified atom stereocenters. The number of pyridine rings is 1. The SMILES string of the molecule is COC(=O)c1ccc(C(=O)Nc2ccc(-c3nc4cccnc4s3)cc2C)cc1. The van der Waals surface area contributed by atoms with E-state index in [4.69, 9.17) is 0 Å². The van der Waals surface area contributed by atoms with Crippen LogP contribution >= 0.6 is 11.3 Å². The van der Waals surface area contributed by atoms with Gasteiger partial charge in [-0.2, -0.15) is 0 Å². The van der Waals surface area contributed by atoms with Crippen molar-refractivity contribution in [1.82, 2.24) is 9.97 Å². The van der Waals surface area contributed by atoms with Crippen molar-refractivity contribution >= 4 is 39.2 Å². The molecule has 29 heavy (non-hydrogen) atoms. The number of benzene rings is 2. The number of aryl methyl sites for hydroxylation is 1. The molecule has 1 N–H and O–H groups in total. The van der Waals surface area contributed by atoms with Crippen molar-refractivity contribution in [2.24, 2.45) is 0 Å². The first-order chi connectivity index (χ1) is 14.0. The van der Waals surface area contributed by atoms with Gasteiger partial charge in [-0.25, -0.2) is 14.8 Å². The maximum atomic E-state index is 12.5. The second kappa shape index (κ2) is 7.81. The fourth-order valence-electron chi connectivity index (χ4n) is 2.90. The van der Waals surface area contributed by atoms with Gasteiger partial charge in [-0.3, -0.25) is 4.79 Å². The van der Waals surface area contributed by atoms with Crippen molar-refractivity contribution < 1.29 is 14.3 Å². The molecule has 0 saturated heterocycles. The molecule has 0 atom stereocenters. The monoisotopic (exact) mass is 403 g/mol. The van der Waals surface area contributed by atoms with Crippen molar-refractivity contribution in [3.63, 3.8) is 0 Å². The number of esters is 1. The fraction of sp³-hybridized carbons (Fsp3) is 0.0909. The Hall–Kier alpha value is -3.58. The minimum atomic E-state index is -0.437. The Morgan fingerprint density at radius 3 is 2.48 bits per heavy atom. The summed E-state index contributed by atoms with van der Waals surface area (Å²) in [6.45, 7) is 1.94. The van der Waals surface area contributed by atoms with Gasteiger partial charge < -0.3 is 10.1 Å². The molecule has 0 spiro atoms. The standard InChI is InChI=1S/C22H17N3O3S/c1-13-12-16(20-25-18-4-3-11-23-21(18)29-20)9-10-17(13)24-19(26)14-5-7-15(8-6-14)22(27)28-2/h3-12H,1-2H3,(H,24,26). The van der Waals surface area contributed by atoms with Crippen molar-refractivity contribution in [2.75, 3.05) is 12.4 Å².